The molecule has 1 aliphatic rings. The predicted molar refractivity (Wildman–Crippen MR) is 105 cm³/mol. The van der Waals surface area contributed by atoms with E-state index in [0.717, 1.165) is 23.0 Å². The molecule has 1 fully saturated rings. The third-order valence-corrected chi connectivity index (χ3v) is 5.73. The Morgan fingerprint density at radius 2 is 2.04 bits per heavy atom. The van der Waals surface area contributed by atoms with Crippen LogP contribution in [0.25, 0.3) is 0 Å². The van der Waals surface area contributed by atoms with E-state index in [1.54, 1.807) is 17.6 Å². The molecule has 2 N–H and O–H groups in total. The minimum absolute atomic E-state index is 0.000924. The number of pyridine rings is 1. The first-order valence-corrected chi connectivity index (χ1v) is 9.42. The number of aromatic nitrogens is 1. The van der Waals surface area contributed by atoms with Crippen LogP contribution < -0.4 is 10.3 Å². The molecule has 1 aliphatic heterocycles. The summed E-state index contributed by atoms with van der Waals surface area (Å²) in [5.41, 5.74) is 2.34. The number of anilines is 2. The maximum absolute atomic E-state index is 11.2. The molecule has 3 rings (SSSR count). The summed E-state index contributed by atoms with van der Waals surface area (Å²) >= 11 is 19.5. The highest BCUT2D eigenvalue weighted by Gasteiger charge is 2.20. The fourth-order valence-corrected chi connectivity index (χ4v) is 3.88. The Balaban J connectivity index is 1.75. The summed E-state index contributed by atoms with van der Waals surface area (Å²) in [6.45, 7) is 3.14. The number of hydrogen-bond donors (Lipinski definition) is 2. The highest BCUT2D eigenvalue weighted by molar-refractivity contribution is 7.17. The molecule has 0 amide bonds. The zero-order chi connectivity index (χ0) is 18.7. The lowest BCUT2D eigenvalue weighted by Gasteiger charge is -2.27. The highest BCUT2D eigenvalue weighted by atomic mass is 35.5. The third kappa shape index (κ3) is 4.21. The van der Waals surface area contributed by atoms with Crippen molar-refractivity contribution >= 4 is 69.0 Å². The van der Waals surface area contributed by atoms with Gasteiger partial charge in [-0.05, 0) is 12.1 Å². The van der Waals surface area contributed by atoms with Crippen molar-refractivity contribution in [3.63, 3.8) is 0 Å². The number of halogens is 3. The molecule has 0 aliphatic carbocycles. The summed E-state index contributed by atoms with van der Waals surface area (Å²) in [4.78, 5) is 18.0. The maximum atomic E-state index is 11.2. The number of aromatic carboxylic acids is 1. The SMILES string of the molecule is O=C(O)c1nc(Cl)c(Cl)c(N/N=C/c2ccc(N3CCOCC3)s2)c1Cl. The molecule has 0 bridgehead atoms. The largest absolute Gasteiger partial charge is 0.476 e. The van der Waals surface area contributed by atoms with Gasteiger partial charge in [-0.15, -0.1) is 11.3 Å². The van der Waals surface area contributed by atoms with Crippen LogP contribution in [0, 0.1) is 0 Å². The monoisotopic (exact) mass is 434 g/mol. The number of ether oxygens (including phenoxy) is 1. The van der Waals surface area contributed by atoms with E-state index in [-0.39, 0.29) is 20.9 Å². The number of hydrogen-bond acceptors (Lipinski definition) is 7. The van der Waals surface area contributed by atoms with Gasteiger partial charge in [0.1, 0.15) is 10.0 Å². The number of thiophene rings is 1. The Hall–Kier alpha value is -1.58. The standard InChI is InChI=1S/C15H13Cl3N4O3S/c16-10-12(11(17)14(18)20-13(10)15(23)24)21-19-7-8-1-2-9(26-8)22-3-5-25-6-4-22/h1-2,7H,3-6H2,(H,20,21)(H,23,24)/b19-7+. The third-order valence-electron chi connectivity index (χ3n) is 3.54. The lowest BCUT2D eigenvalue weighted by atomic mass is 10.3. The highest BCUT2D eigenvalue weighted by Crippen LogP contribution is 2.37. The first kappa shape index (κ1) is 19.2. The zero-order valence-electron chi connectivity index (χ0n) is 13.2. The number of nitrogens with zero attached hydrogens (tertiary/aromatic N) is 3. The van der Waals surface area contributed by atoms with Crippen molar-refractivity contribution in [2.75, 3.05) is 36.6 Å². The van der Waals surface area contributed by atoms with Gasteiger partial charge in [0.25, 0.3) is 0 Å². The van der Waals surface area contributed by atoms with Gasteiger partial charge in [-0.2, -0.15) is 5.10 Å². The van der Waals surface area contributed by atoms with Crippen LogP contribution in [0.5, 0.6) is 0 Å². The van der Waals surface area contributed by atoms with Gasteiger partial charge in [0, 0.05) is 18.0 Å². The van der Waals surface area contributed by atoms with Crippen molar-refractivity contribution in [1.82, 2.24) is 4.98 Å². The molecular weight excluding hydrogens is 423 g/mol. The molecule has 2 aromatic heterocycles. The molecule has 26 heavy (non-hydrogen) atoms. The predicted octanol–water partition coefficient (Wildman–Crippen LogP) is 4.08. The van der Waals surface area contributed by atoms with E-state index < -0.39 is 11.7 Å². The van der Waals surface area contributed by atoms with Crippen LogP contribution in [0.1, 0.15) is 15.4 Å². The zero-order valence-corrected chi connectivity index (χ0v) is 16.3. The van der Waals surface area contributed by atoms with Crippen molar-refractivity contribution in [2.24, 2.45) is 5.10 Å². The number of rotatable bonds is 5. The Morgan fingerprint density at radius 1 is 1.31 bits per heavy atom. The minimum atomic E-state index is -1.31. The molecule has 1 saturated heterocycles. The summed E-state index contributed by atoms with van der Waals surface area (Å²) in [7, 11) is 0. The fraction of sp³-hybridized carbons (Fsp3) is 0.267. The molecule has 3 heterocycles. The number of carboxylic acids is 1. The molecular formula is C15H13Cl3N4O3S. The normalized spacial score (nSPS) is 14.8. The molecule has 0 unspecified atom stereocenters. The van der Waals surface area contributed by atoms with Crippen LogP contribution in [-0.4, -0.2) is 48.6 Å². The van der Waals surface area contributed by atoms with Gasteiger partial charge >= 0.3 is 5.97 Å². The van der Waals surface area contributed by atoms with Gasteiger partial charge in [0.15, 0.2) is 10.8 Å². The van der Waals surface area contributed by atoms with E-state index in [0.29, 0.717) is 13.2 Å². The van der Waals surface area contributed by atoms with E-state index in [1.165, 1.54) is 0 Å². The minimum Gasteiger partial charge on any atom is -0.476 e. The lowest BCUT2D eigenvalue weighted by molar-refractivity contribution is 0.0691. The summed E-state index contributed by atoms with van der Waals surface area (Å²) in [6.07, 6.45) is 1.59. The molecule has 7 nitrogen and oxygen atoms in total. The second kappa shape index (κ2) is 8.41. The van der Waals surface area contributed by atoms with Gasteiger partial charge in [0.2, 0.25) is 0 Å². The number of morpholine rings is 1. The van der Waals surface area contributed by atoms with Crippen LogP contribution in [-0.2, 0) is 4.74 Å². The Morgan fingerprint density at radius 3 is 2.73 bits per heavy atom. The van der Waals surface area contributed by atoms with E-state index >= 15 is 0 Å². The molecule has 0 aromatic carbocycles. The Bertz CT molecular complexity index is 853. The quantitative estimate of drug-likeness (QED) is 0.418. The summed E-state index contributed by atoms with van der Waals surface area (Å²) in [5, 5.41) is 14.0. The van der Waals surface area contributed by atoms with E-state index in [2.05, 4.69) is 20.4 Å². The van der Waals surface area contributed by atoms with Gasteiger partial charge in [0.05, 0.1) is 30.1 Å². The molecule has 138 valence electrons. The Kier molecular flexibility index (Phi) is 6.20. The first-order chi connectivity index (χ1) is 12.5. The number of hydrazone groups is 1. The van der Waals surface area contributed by atoms with Crippen LogP contribution in [0.15, 0.2) is 17.2 Å². The molecule has 0 saturated carbocycles. The van der Waals surface area contributed by atoms with Crippen LogP contribution in [0.3, 0.4) is 0 Å². The van der Waals surface area contributed by atoms with E-state index in [1.807, 2.05) is 12.1 Å². The Labute approximate surface area is 168 Å². The van der Waals surface area contributed by atoms with Crippen LogP contribution in [0.4, 0.5) is 10.7 Å². The molecule has 11 heteroatoms. The van der Waals surface area contributed by atoms with Crippen LogP contribution >= 0.6 is 46.1 Å². The van der Waals surface area contributed by atoms with Crippen molar-refractivity contribution in [3.8, 4) is 0 Å². The fourth-order valence-electron chi connectivity index (χ4n) is 2.28. The second-order valence-corrected chi connectivity index (χ2v) is 7.41. The van der Waals surface area contributed by atoms with Crippen molar-refractivity contribution < 1.29 is 14.6 Å². The smallest absolute Gasteiger partial charge is 0.356 e. The number of nitrogens with one attached hydrogen (secondary N) is 1. The van der Waals surface area contributed by atoms with Crippen molar-refractivity contribution in [3.05, 3.63) is 37.9 Å². The molecule has 0 radical (unpaired) electrons. The first-order valence-electron chi connectivity index (χ1n) is 7.46. The molecule has 0 atom stereocenters. The number of carbonyl (C=O) groups is 1. The van der Waals surface area contributed by atoms with E-state index in [4.69, 9.17) is 44.6 Å². The van der Waals surface area contributed by atoms with Crippen LogP contribution in [0.2, 0.25) is 15.2 Å². The van der Waals surface area contributed by atoms with Gasteiger partial charge in [-0.25, -0.2) is 9.78 Å². The molecule has 2 aromatic rings. The molecule has 0 spiro atoms. The van der Waals surface area contributed by atoms with Gasteiger partial charge < -0.3 is 14.7 Å². The summed E-state index contributed by atoms with van der Waals surface area (Å²) in [6, 6.07) is 3.95. The lowest BCUT2D eigenvalue weighted by Crippen LogP contribution is -2.35. The van der Waals surface area contributed by atoms with Crippen molar-refractivity contribution in [2.45, 2.75) is 0 Å². The topological polar surface area (TPSA) is 87.0 Å². The average molecular weight is 436 g/mol. The van der Waals surface area contributed by atoms with Gasteiger partial charge in [-0.1, -0.05) is 34.8 Å². The summed E-state index contributed by atoms with van der Waals surface area (Å²) < 4.78 is 5.34. The van der Waals surface area contributed by atoms with Crippen molar-refractivity contribution in [1.29, 1.82) is 0 Å². The number of carboxylic acid groups (broad SMARTS) is 1. The van der Waals surface area contributed by atoms with Gasteiger partial charge in [-0.3, -0.25) is 5.43 Å². The summed E-state index contributed by atoms with van der Waals surface area (Å²) in [5.74, 6) is -1.31. The average Bonchev–Trinajstić information content (AvgIpc) is 3.10. The van der Waals surface area contributed by atoms with E-state index in [9.17, 15) is 4.79 Å². The second-order valence-electron chi connectivity index (χ2n) is 5.20. The maximum Gasteiger partial charge on any atom is 0.356 e.